The van der Waals surface area contributed by atoms with Crippen LogP contribution in [0.4, 0.5) is 10.1 Å². The number of aryl methyl sites for hydroxylation is 3. The van der Waals surface area contributed by atoms with Gasteiger partial charge in [-0.05, 0) is 62.2 Å². The summed E-state index contributed by atoms with van der Waals surface area (Å²) in [5, 5.41) is 1.20. The van der Waals surface area contributed by atoms with Crippen LogP contribution in [-0.4, -0.2) is 28.8 Å². The zero-order valence-corrected chi connectivity index (χ0v) is 19.1. The summed E-state index contributed by atoms with van der Waals surface area (Å²) in [4.78, 5) is 41.9. The van der Waals surface area contributed by atoms with Crippen LogP contribution >= 0.6 is 0 Å². The smallest absolute Gasteiger partial charge is 0.268 e. The fraction of sp³-hybridized carbons (Fsp3) is 0.222. The minimum Gasteiger partial charge on any atom is -0.274 e. The maximum Gasteiger partial charge on any atom is 0.268 e. The Morgan fingerprint density at radius 3 is 2.26 bits per heavy atom. The second kappa shape index (κ2) is 8.18. The first kappa shape index (κ1) is 22.0. The highest BCUT2D eigenvalue weighted by Gasteiger charge is 2.60. The lowest BCUT2D eigenvalue weighted by Gasteiger charge is -2.25. The number of halogens is 1. The number of carbonyl (C=O) groups excluding carboxylic acids is 3. The summed E-state index contributed by atoms with van der Waals surface area (Å²) in [5.41, 5.74) is 7.00. The van der Waals surface area contributed by atoms with Crippen LogP contribution < -0.4 is 10.3 Å². The van der Waals surface area contributed by atoms with Crippen molar-refractivity contribution in [2.24, 2.45) is 5.92 Å². The Morgan fingerprint density at radius 2 is 1.59 bits per heavy atom. The quantitative estimate of drug-likeness (QED) is 0.604. The summed E-state index contributed by atoms with van der Waals surface area (Å²) < 4.78 is 14.8. The van der Waals surface area contributed by atoms with Gasteiger partial charge in [-0.3, -0.25) is 19.4 Å². The number of fused-ring (bicyclic) bond motifs is 1. The van der Waals surface area contributed by atoms with E-state index in [1.54, 1.807) is 54.6 Å². The van der Waals surface area contributed by atoms with Gasteiger partial charge in [-0.15, -0.1) is 0 Å². The molecule has 0 aromatic heterocycles. The van der Waals surface area contributed by atoms with Gasteiger partial charge in [-0.1, -0.05) is 42.0 Å². The number of anilines is 1. The van der Waals surface area contributed by atoms with E-state index in [4.69, 9.17) is 0 Å². The number of hydrogen-bond donors (Lipinski definition) is 1. The van der Waals surface area contributed by atoms with Crippen molar-refractivity contribution in [3.05, 3.63) is 100 Å². The van der Waals surface area contributed by atoms with Crippen LogP contribution in [-0.2, 0) is 9.59 Å². The van der Waals surface area contributed by atoms with E-state index < -0.39 is 41.5 Å². The lowest BCUT2D eigenvalue weighted by Crippen LogP contribution is -2.48. The van der Waals surface area contributed by atoms with Crippen molar-refractivity contribution in [3.63, 3.8) is 0 Å². The molecule has 6 nitrogen and oxygen atoms in total. The van der Waals surface area contributed by atoms with Gasteiger partial charge in [0.05, 0.1) is 17.6 Å². The van der Waals surface area contributed by atoms with Crippen molar-refractivity contribution < 1.29 is 18.8 Å². The Kier molecular flexibility index (Phi) is 5.29. The Balaban J connectivity index is 1.60. The molecular weight excluding hydrogens is 433 g/mol. The third-order valence-electron chi connectivity index (χ3n) is 6.74. The molecule has 2 aliphatic rings. The van der Waals surface area contributed by atoms with Crippen LogP contribution in [0.1, 0.15) is 38.7 Å². The molecule has 2 fully saturated rings. The molecule has 1 N–H and O–H groups in total. The van der Waals surface area contributed by atoms with Gasteiger partial charge in [-0.2, -0.15) is 0 Å². The molecule has 2 saturated heterocycles. The first-order valence-corrected chi connectivity index (χ1v) is 11.1. The third kappa shape index (κ3) is 3.40. The Hall–Kier alpha value is -3.84. The van der Waals surface area contributed by atoms with E-state index in [1.165, 1.54) is 11.1 Å². The molecule has 0 aliphatic carbocycles. The fourth-order valence-corrected chi connectivity index (χ4v) is 4.71. The lowest BCUT2D eigenvalue weighted by atomic mass is 9.90. The van der Waals surface area contributed by atoms with Crippen molar-refractivity contribution in [1.29, 1.82) is 0 Å². The zero-order chi connectivity index (χ0) is 24.1. The summed E-state index contributed by atoms with van der Waals surface area (Å²) in [6.45, 7) is 5.76. The molecule has 2 aliphatic heterocycles. The number of benzene rings is 3. The van der Waals surface area contributed by atoms with E-state index in [0.29, 0.717) is 11.3 Å². The highest BCUT2D eigenvalue weighted by Crippen LogP contribution is 2.43. The number of hydrogen-bond acceptors (Lipinski definition) is 4. The standard InChI is InChI=1S/C27H24FN3O3/c1-15-8-11-18(12-9-15)25(32)31-24-22(23(29-31)20-6-4-5-7-21(20)28)26(33)30(27(24)34)19-13-10-16(2)17(3)14-19/h4-14,22-24,29H,1-3H3/t22-,23-,24-/m1/s1. The molecule has 3 atom stereocenters. The van der Waals surface area contributed by atoms with Crippen molar-refractivity contribution in [2.75, 3.05) is 4.90 Å². The molecule has 0 unspecified atom stereocenters. The molecular formula is C27H24FN3O3. The number of imide groups is 1. The molecule has 7 heteroatoms. The molecule has 5 rings (SSSR count). The molecule has 0 bridgehead atoms. The summed E-state index contributed by atoms with van der Waals surface area (Å²) in [6.07, 6.45) is 0. The molecule has 172 valence electrons. The van der Waals surface area contributed by atoms with Crippen molar-refractivity contribution in [3.8, 4) is 0 Å². The summed E-state index contributed by atoms with van der Waals surface area (Å²) >= 11 is 0. The Labute approximate surface area is 197 Å². The molecule has 34 heavy (non-hydrogen) atoms. The first-order chi connectivity index (χ1) is 16.3. The number of hydrazine groups is 1. The summed E-state index contributed by atoms with van der Waals surface area (Å²) in [5.74, 6) is -2.88. The monoisotopic (exact) mass is 457 g/mol. The van der Waals surface area contributed by atoms with Crippen molar-refractivity contribution in [1.82, 2.24) is 10.4 Å². The van der Waals surface area contributed by atoms with E-state index in [1.807, 2.05) is 26.8 Å². The van der Waals surface area contributed by atoms with Crippen LogP contribution in [0.5, 0.6) is 0 Å². The van der Waals surface area contributed by atoms with Gasteiger partial charge in [0, 0.05) is 11.1 Å². The number of amides is 3. The number of rotatable bonds is 3. The predicted molar refractivity (Wildman–Crippen MR) is 125 cm³/mol. The molecule has 3 aromatic carbocycles. The maximum absolute atomic E-state index is 14.8. The molecule has 0 spiro atoms. The van der Waals surface area contributed by atoms with Gasteiger partial charge in [0.1, 0.15) is 11.9 Å². The second-order valence-electron chi connectivity index (χ2n) is 8.92. The Bertz CT molecular complexity index is 1320. The van der Waals surface area contributed by atoms with Gasteiger partial charge in [0.25, 0.3) is 11.8 Å². The molecule has 3 amide bonds. The lowest BCUT2D eigenvalue weighted by molar-refractivity contribution is -0.123. The predicted octanol–water partition coefficient (Wildman–Crippen LogP) is 4.01. The van der Waals surface area contributed by atoms with E-state index >= 15 is 0 Å². The molecule has 3 aromatic rings. The van der Waals surface area contributed by atoms with E-state index in [2.05, 4.69) is 5.43 Å². The number of nitrogens with zero attached hydrogens (tertiary/aromatic N) is 2. The molecule has 2 heterocycles. The zero-order valence-electron chi connectivity index (χ0n) is 19.1. The fourth-order valence-electron chi connectivity index (χ4n) is 4.71. The number of carbonyl (C=O) groups is 3. The van der Waals surface area contributed by atoms with Gasteiger partial charge in [-0.25, -0.2) is 14.7 Å². The normalized spacial score (nSPS) is 21.8. The highest BCUT2D eigenvalue weighted by molar-refractivity contribution is 6.25. The number of nitrogens with one attached hydrogen (secondary N) is 1. The average molecular weight is 458 g/mol. The topological polar surface area (TPSA) is 69.7 Å². The van der Waals surface area contributed by atoms with Crippen LogP contribution in [0, 0.1) is 32.5 Å². The SMILES string of the molecule is Cc1ccc(C(=O)N2N[C@H](c3ccccc3F)[C@H]3C(=O)N(c4ccc(C)c(C)c4)C(=O)[C@@H]32)cc1. The molecule has 0 radical (unpaired) electrons. The van der Waals surface area contributed by atoms with Crippen LogP contribution in [0.3, 0.4) is 0 Å². The molecule has 0 saturated carbocycles. The second-order valence-corrected chi connectivity index (χ2v) is 8.92. The van der Waals surface area contributed by atoms with E-state index in [9.17, 15) is 18.8 Å². The van der Waals surface area contributed by atoms with Crippen molar-refractivity contribution in [2.45, 2.75) is 32.9 Å². The van der Waals surface area contributed by atoms with E-state index in [0.717, 1.165) is 21.6 Å². The minimum atomic E-state index is -1.09. The maximum atomic E-state index is 14.8. The van der Waals surface area contributed by atoms with Gasteiger partial charge in [0.15, 0.2) is 0 Å². The van der Waals surface area contributed by atoms with Crippen LogP contribution in [0.2, 0.25) is 0 Å². The third-order valence-corrected chi connectivity index (χ3v) is 6.74. The van der Waals surface area contributed by atoms with Crippen molar-refractivity contribution >= 4 is 23.4 Å². The Morgan fingerprint density at radius 1 is 0.882 bits per heavy atom. The summed E-state index contributed by atoms with van der Waals surface area (Å²) in [7, 11) is 0. The van der Waals surface area contributed by atoms with Gasteiger partial charge < -0.3 is 0 Å². The first-order valence-electron chi connectivity index (χ1n) is 11.1. The average Bonchev–Trinajstić information content (AvgIpc) is 3.33. The van der Waals surface area contributed by atoms with Crippen LogP contribution in [0.15, 0.2) is 66.7 Å². The largest absolute Gasteiger partial charge is 0.274 e. The van der Waals surface area contributed by atoms with Crippen LogP contribution in [0.25, 0.3) is 0 Å². The van der Waals surface area contributed by atoms with E-state index in [-0.39, 0.29) is 5.56 Å². The highest BCUT2D eigenvalue weighted by atomic mass is 19.1. The van der Waals surface area contributed by atoms with Gasteiger partial charge >= 0.3 is 0 Å². The van der Waals surface area contributed by atoms with Gasteiger partial charge in [0.2, 0.25) is 5.91 Å². The summed E-state index contributed by atoms with van der Waals surface area (Å²) in [6, 6.07) is 16.4. The minimum absolute atomic E-state index is 0.236.